The van der Waals surface area contributed by atoms with Crippen LogP contribution in [0.25, 0.3) is 0 Å². The van der Waals surface area contributed by atoms with Crippen LogP contribution in [-0.4, -0.2) is 83.4 Å². The number of carbonyl (C=O) groups is 2. The first kappa shape index (κ1) is 27.9. The van der Waals surface area contributed by atoms with E-state index >= 15 is 0 Å². The molecule has 0 spiro atoms. The van der Waals surface area contributed by atoms with Gasteiger partial charge < -0.3 is 41.1 Å². The monoisotopic (exact) mass is 651 g/mol. The third kappa shape index (κ3) is 8.15. The van der Waals surface area contributed by atoms with Crippen molar-refractivity contribution in [2.45, 2.75) is 18.9 Å². The number of amides is 1. The van der Waals surface area contributed by atoms with Gasteiger partial charge in [0.15, 0.2) is 0 Å². The topological polar surface area (TPSA) is 146 Å². The van der Waals surface area contributed by atoms with E-state index in [0.29, 0.717) is 25.1 Å². The van der Waals surface area contributed by atoms with Crippen LogP contribution < -0.4 is 5.32 Å². The van der Waals surface area contributed by atoms with Crippen molar-refractivity contribution in [1.29, 1.82) is 0 Å². The first-order valence-electron chi connectivity index (χ1n) is 10.4. The Morgan fingerprint density at radius 3 is 2.63 bits per heavy atom. The fraction of sp³-hybridized carbons (Fsp3) is 0.348. The third-order valence-corrected chi connectivity index (χ3v) is 5.08. The maximum atomic E-state index is 13.0. The molecule has 2 heterocycles. The summed E-state index contributed by atoms with van der Waals surface area (Å²) in [7, 11) is 2.97. The van der Waals surface area contributed by atoms with E-state index in [0.717, 1.165) is 12.0 Å². The summed E-state index contributed by atoms with van der Waals surface area (Å²) in [6.45, 7) is 0.704. The number of nitrogens with zero attached hydrogens (tertiary/aromatic N) is 4. The molecule has 0 radical (unpaired) electrons. The quantitative estimate of drug-likeness (QED) is 0.147. The van der Waals surface area contributed by atoms with E-state index in [1.807, 2.05) is 0 Å². The predicted octanol–water partition coefficient (Wildman–Crippen LogP) is 0.850. The van der Waals surface area contributed by atoms with Crippen LogP contribution >= 0.6 is 0 Å². The molecule has 1 fully saturated rings. The average molecular weight is 651 g/mol. The van der Waals surface area contributed by atoms with E-state index in [2.05, 4.69) is 32.9 Å². The van der Waals surface area contributed by atoms with Crippen molar-refractivity contribution < 1.29 is 50.3 Å². The second-order valence-electron chi connectivity index (χ2n) is 7.45. The average Bonchev–Trinajstić information content (AvgIpc) is 3.32. The van der Waals surface area contributed by atoms with Crippen molar-refractivity contribution in [2.24, 2.45) is 4.99 Å². The second kappa shape index (κ2) is 13.6. The Balaban J connectivity index is 0.00000432. The number of aliphatic imine (C=N–C) groups is 1. The maximum Gasteiger partial charge on any atom is 2.00 e. The molecule has 1 aliphatic heterocycles. The zero-order valence-corrected chi connectivity index (χ0v) is 22.2. The molecule has 1 unspecified atom stereocenters. The molecule has 0 bridgehead atoms. The van der Waals surface area contributed by atoms with E-state index in [1.54, 1.807) is 42.3 Å². The number of carboxylic acids is 1. The Kier molecular flexibility index (Phi) is 10.8. The number of ether oxygens (including phenoxy) is 2. The zero-order valence-electron chi connectivity index (χ0n) is 19.2. The third-order valence-electron chi connectivity index (χ3n) is 5.08. The molecular formula is C23H25N5O6W. The van der Waals surface area contributed by atoms with Gasteiger partial charge in [0, 0.05) is 20.2 Å². The number of aromatic nitrogens is 2. The van der Waals surface area contributed by atoms with Crippen LogP contribution in [0.4, 0.5) is 0 Å². The number of phenols is 1. The standard InChI is InChI=1S/C23H25N5O6.W/c1-33-18-7-8-28(14-18)23(32)19-10-16(9-15-3-5-17(29)6-4-15)20(27-26-19)11-25-21(34-2)12-24-13-22(30)31;/h3-6,10,18,24,29H,7-9,13-14H2,1-2H3,(H,30,31);/q-2;+2. The van der Waals surface area contributed by atoms with E-state index in [-0.39, 0.29) is 62.6 Å². The van der Waals surface area contributed by atoms with Crippen LogP contribution in [0.2, 0.25) is 0 Å². The van der Waals surface area contributed by atoms with Gasteiger partial charge in [-0.05, 0) is 30.7 Å². The van der Waals surface area contributed by atoms with E-state index < -0.39 is 5.97 Å². The molecule has 0 aliphatic carbocycles. The van der Waals surface area contributed by atoms with Crippen molar-refractivity contribution in [3.8, 4) is 5.75 Å². The molecule has 1 saturated heterocycles. The van der Waals surface area contributed by atoms with Gasteiger partial charge in [-0.15, -0.1) is 10.7 Å². The molecule has 12 heteroatoms. The van der Waals surface area contributed by atoms with Crippen LogP contribution in [0.3, 0.4) is 0 Å². The van der Waals surface area contributed by atoms with Gasteiger partial charge in [-0.25, -0.2) is 0 Å². The summed E-state index contributed by atoms with van der Waals surface area (Å²) in [5.74, 6) is -1.21. The minimum atomic E-state index is -1.06. The number of phenolic OH excluding ortho intramolecular Hbond substituents is 1. The molecule has 1 aromatic heterocycles. The normalized spacial score (nSPS) is 15.7. The van der Waals surface area contributed by atoms with E-state index in [4.69, 9.17) is 14.6 Å². The summed E-state index contributed by atoms with van der Waals surface area (Å²) in [6.07, 6.45) is 6.37. The summed E-state index contributed by atoms with van der Waals surface area (Å²) >= 11 is 0. The summed E-state index contributed by atoms with van der Waals surface area (Å²) in [4.78, 5) is 29.3. The van der Waals surface area contributed by atoms with Gasteiger partial charge >= 0.3 is 27.0 Å². The van der Waals surface area contributed by atoms with E-state index in [9.17, 15) is 14.7 Å². The van der Waals surface area contributed by atoms with Crippen molar-refractivity contribution in [2.75, 3.05) is 33.9 Å². The van der Waals surface area contributed by atoms with Crippen LogP contribution in [-0.2, 0) is 41.8 Å². The van der Waals surface area contributed by atoms with Crippen molar-refractivity contribution in [3.63, 3.8) is 0 Å². The van der Waals surface area contributed by atoms with Crippen LogP contribution in [0.5, 0.6) is 5.75 Å². The number of methoxy groups -OCH3 is 2. The molecule has 184 valence electrons. The molecule has 35 heavy (non-hydrogen) atoms. The minimum absolute atomic E-state index is 0. The van der Waals surface area contributed by atoms with Gasteiger partial charge in [0.1, 0.15) is 11.4 Å². The number of carbonyl (C=O) groups excluding carboxylic acids is 1. The fourth-order valence-corrected chi connectivity index (χ4v) is 3.29. The number of likely N-dealkylation sites (tertiary alicyclic amines) is 1. The number of benzene rings is 1. The predicted molar refractivity (Wildman–Crippen MR) is 120 cm³/mol. The van der Waals surface area contributed by atoms with Crippen LogP contribution in [0.1, 0.15) is 33.7 Å². The number of hydrogen-bond acceptors (Lipinski definition) is 9. The molecule has 0 saturated carbocycles. The SMILES string of the molecule is COC(=[C-]NCC(=O)O)N=[C-]c1nnc(C(=O)N2CCC(OC)C2)cc1Cc1ccc(O)cc1.[W+2]. The fourth-order valence-electron chi connectivity index (χ4n) is 3.29. The van der Waals surface area contributed by atoms with Crippen LogP contribution in [0, 0.1) is 6.20 Å². The summed E-state index contributed by atoms with van der Waals surface area (Å²) in [6, 6.07) is 8.29. The molecule has 1 aliphatic rings. The zero-order chi connectivity index (χ0) is 24.5. The molecule has 1 amide bonds. The Labute approximate surface area is 217 Å². The molecule has 1 atom stereocenters. The van der Waals surface area contributed by atoms with Gasteiger partial charge in [-0.2, -0.15) is 5.10 Å². The Hall–Kier alpha value is -3.30. The molecule has 2 aromatic rings. The number of aliphatic carboxylic acids is 1. The first-order valence-corrected chi connectivity index (χ1v) is 10.4. The van der Waals surface area contributed by atoms with Gasteiger partial charge in [0.05, 0.1) is 19.8 Å². The molecule has 3 N–H and O–H groups in total. The molecule has 1 aromatic carbocycles. The number of rotatable bonds is 10. The maximum absolute atomic E-state index is 13.0. The van der Waals surface area contributed by atoms with Gasteiger partial charge in [0.2, 0.25) is 0 Å². The number of nitrogens with one attached hydrogen (secondary N) is 1. The summed E-state index contributed by atoms with van der Waals surface area (Å²) in [5, 5.41) is 28.9. The van der Waals surface area contributed by atoms with Gasteiger partial charge in [0.25, 0.3) is 5.91 Å². The number of carboxylic acid groups (broad SMARTS) is 1. The van der Waals surface area contributed by atoms with Crippen molar-refractivity contribution >= 4 is 18.1 Å². The minimum Gasteiger partial charge on any atom is -0.570 e. The molecular weight excluding hydrogens is 626 g/mol. The molecule has 11 nitrogen and oxygen atoms in total. The summed E-state index contributed by atoms with van der Waals surface area (Å²) < 4.78 is 10.4. The number of hydrogen-bond donors (Lipinski definition) is 3. The second-order valence-corrected chi connectivity index (χ2v) is 7.45. The van der Waals surface area contributed by atoms with Gasteiger partial charge in [-0.3, -0.25) is 9.59 Å². The molecule has 3 rings (SSSR count). The van der Waals surface area contributed by atoms with Crippen molar-refractivity contribution in [3.05, 3.63) is 64.9 Å². The summed E-state index contributed by atoms with van der Waals surface area (Å²) in [5.41, 5.74) is 1.96. The van der Waals surface area contributed by atoms with Crippen LogP contribution in [0.15, 0.2) is 41.2 Å². The Morgan fingerprint density at radius 1 is 1.26 bits per heavy atom. The Morgan fingerprint density at radius 2 is 2.00 bits per heavy atom. The smallest absolute Gasteiger partial charge is 0.570 e. The Bertz CT molecular complexity index is 1080. The largest absolute Gasteiger partial charge is 2.00 e. The number of aromatic hydroxyl groups is 1. The van der Waals surface area contributed by atoms with Gasteiger partial charge in [-0.1, -0.05) is 35.9 Å². The van der Waals surface area contributed by atoms with E-state index in [1.165, 1.54) is 7.11 Å². The first-order chi connectivity index (χ1) is 16.4. The van der Waals surface area contributed by atoms with Crippen molar-refractivity contribution in [1.82, 2.24) is 20.4 Å².